The highest BCUT2D eigenvalue weighted by Gasteiger charge is 2.08. The predicted molar refractivity (Wildman–Crippen MR) is 89.8 cm³/mol. The van der Waals surface area contributed by atoms with Crippen molar-refractivity contribution in [2.75, 3.05) is 24.3 Å². The highest BCUT2D eigenvalue weighted by Crippen LogP contribution is 2.15. The third-order valence-corrected chi connectivity index (χ3v) is 3.23. The number of imide groups is 1. The first-order valence-electron chi connectivity index (χ1n) is 7.23. The van der Waals surface area contributed by atoms with Gasteiger partial charge in [0.1, 0.15) is 11.6 Å². The largest absolute Gasteiger partial charge is 0.497 e. The molecule has 3 N–H and O–H groups in total. The van der Waals surface area contributed by atoms with Crippen LogP contribution >= 0.6 is 0 Å². The van der Waals surface area contributed by atoms with Gasteiger partial charge in [0.05, 0.1) is 13.7 Å². The van der Waals surface area contributed by atoms with E-state index >= 15 is 0 Å². The summed E-state index contributed by atoms with van der Waals surface area (Å²) in [6.45, 7) is 1.49. The average Bonchev–Trinajstić information content (AvgIpc) is 2.56. The van der Waals surface area contributed by atoms with Crippen LogP contribution in [0.1, 0.15) is 5.56 Å². The lowest BCUT2D eigenvalue weighted by molar-refractivity contribution is -0.118. The monoisotopic (exact) mass is 331 g/mol. The molecule has 0 spiro atoms. The van der Waals surface area contributed by atoms with Crippen LogP contribution in [0, 0.1) is 12.7 Å². The Morgan fingerprint density at radius 3 is 2.38 bits per heavy atom. The van der Waals surface area contributed by atoms with E-state index in [0.29, 0.717) is 22.7 Å². The number of rotatable bonds is 5. The minimum Gasteiger partial charge on any atom is -0.497 e. The molecule has 0 fully saturated rings. The van der Waals surface area contributed by atoms with Gasteiger partial charge in [0, 0.05) is 11.4 Å². The van der Waals surface area contributed by atoms with Crippen molar-refractivity contribution in [2.45, 2.75) is 6.92 Å². The van der Waals surface area contributed by atoms with E-state index in [2.05, 4.69) is 16.0 Å². The standard InChI is InChI=1S/C17H18FN3O3/c1-11-3-4-13(9-15(11)18)19-10-16(22)21-17(23)20-12-5-7-14(24-2)8-6-12/h3-9,19H,10H2,1-2H3,(H2,20,21,22,23). The fourth-order valence-corrected chi connectivity index (χ4v) is 1.89. The fraction of sp³-hybridized carbons (Fsp3) is 0.176. The van der Waals surface area contributed by atoms with Crippen molar-refractivity contribution < 1.29 is 18.7 Å². The van der Waals surface area contributed by atoms with Gasteiger partial charge in [-0.1, -0.05) is 6.07 Å². The van der Waals surface area contributed by atoms with E-state index < -0.39 is 11.9 Å². The molecule has 0 radical (unpaired) electrons. The van der Waals surface area contributed by atoms with Gasteiger partial charge < -0.3 is 15.4 Å². The molecule has 7 heteroatoms. The van der Waals surface area contributed by atoms with E-state index in [1.807, 2.05) is 0 Å². The first-order valence-corrected chi connectivity index (χ1v) is 7.23. The van der Waals surface area contributed by atoms with E-state index in [4.69, 9.17) is 4.74 Å². The Morgan fingerprint density at radius 2 is 1.75 bits per heavy atom. The molecule has 3 amide bonds. The first-order chi connectivity index (χ1) is 11.5. The second-order valence-electron chi connectivity index (χ2n) is 5.05. The van der Waals surface area contributed by atoms with Gasteiger partial charge in [-0.3, -0.25) is 10.1 Å². The van der Waals surface area contributed by atoms with Gasteiger partial charge >= 0.3 is 6.03 Å². The Bertz CT molecular complexity index is 732. The third-order valence-electron chi connectivity index (χ3n) is 3.23. The Kier molecular flexibility index (Phi) is 5.73. The molecule has 2 rings (SSSR count). The smallest absolute Gasteiger partial charge is 0.325 e. The maximum absolute atomic E-state index is 13.4. The second-order valence-corrected chi connectivity index (χ2v) is 5.05. The summed E-state index contributed by atoms with van der Waals surface area (Å²) < 4.78 is 18.4. The van der Waals surface area contributed by atoms with Gasteiger partial charge in [0.2, 0.25) is 5.91 Å². The van der Waals surface area contributed by atoms with Crippen molar-refractivity contribution in [1.82, 2.24) is 5.32 Å². The lowest BCUT2D eigenvalue weighted by atomic mass is 10.2. The van der Waals surface area contributed by atoms with Gasteiger partial charge in [-0.15, -0.1) is 0 Å². The summed E-state index contributed by atoms with van der Waals surface area (Å²) in [4.78, 5) is 23.4. The zero-order valence-corrected chi connectivity index (χ0v) is 13.4. The Hall–Kier alpha value is -3.09. The summed E-state index contributed by atoms with van der Waals surface area (Å²) in [5.74, 6) is -0.244. The van der Waals surface area contributed by atoms with Gasteiger partial charge in [0.25, 0.3) is 0 Å². The van der Waals surface area contributed by atoms with Crippen LogP contribution in [0.4, 0.5) is 20.6 Å². The highest BCUT2D eigenvalue weighted by atomic mass is 19.1. The van der Waals surface area contributed by atoms with Crippen molar-refractivity contribution in [3.05, 3.63) is 53.8 Å². The lowest BCUT2D eigenvalue weighted by Gasteiger charge is -2.09. The van der Waals surface area contributed by atoms with E-state index in [9.17, 15) is 14.0 Å². The molecule has 0 aliphatic carbocycles. The molecular formula is C17H18FN3O3. The number of carbonyl (C=O) groups is 2. The minimum atomic E-state index is -0.651. The van der Waals surface area contributed by atoms with Crippen molar-refractivity contribution in [1.29, 1.82) is 0 Å². The Morgan fingerprint density at radius 1 is 1.08 bits per heavy atom. The van der Waals surface area contributed by atoms with Crippen LogP contribution in [0.2, 0.25) is 0 Å². The molecule has 0 aliphatic rings. The molecule has 0 aliphatic heterocycles. The predicted octanol–water partition coefficient (Wildman–Crippen LogP) is 2.90. The number of hydrogen-bond acceptors (Lipinski definition) is 4. The molecular weight excluding hydrogens is 313 g/mol. The summed E-state index contributed by atoms with van der Waals surface area (Å²) in [6, 6.07) is 10.6. The van der Waals surface area contributed by atoms with E-state index in [1.165, 1.54) is 6.07 Å². The number of methoxy groups -OCH3 is 1. The van der Waals surface area contributed by atoms with Crippen LogP contribution in [0.15, 0.2) is 42.5 Å². The van der Waals surface area contributed by atoms with Gasteiger partial charge in [-0.05, 0) is 48.9 Å². The van der Waals surface area contributed by atoms with Crippen LogP contribution < -0.4 is 20.7 Å². The summed E-state index contributed by atoms with van der Waals surface area (Å²) in [6.07, 6.45) is 0. The SMILES string of the molecule is COc1ccc(NC(=O)NC(=O)CNc2ccc(C)c(F)c2)cc1. The summed E-state index contributed by atoms with van der Waals surface area (Å²) in [5, 5.41) is 7.45. The second kappa shape index (κ2) is 7.96. The van der Waals surface area contributed by atoms with Crippen LogP contribution in [0.25, 0.3) is 0 Å². The number of ether oxygens (including phenoxy) is 1. The summed E-state index contributed by atoms with van der Waals surface area (Å²) in [5.41, 5.74) is 1.50. The molecule has 0 saturated heterocycles. The molecule has 0 heterocycles. The Labute approximate surface area is 139 Å². The molecule has 0 saturated carbocycles. The number of amides is 3. The van der Waals surface area contributed by atoms with Gasteiger partial charge in [-0.25, -0.2) is 9.18 Å². The van der Waals surface area contributed by atoms with Crippen molar-refractivity contribution >= 4 is 23.3 Å². The maximum atomic E-state index is 13.4. The number of urea groups is 1. The van der Waals surface area contributed by atoms with Gasteiger partial charge in [0.15, 0.2) is 0 Å². The number of carbonyl (C=O) groups excluding carboxylic acids is 2. The molecule has 126 valence electrons. The lowest BCUT2D eigenvalue weighted by Crippen LogP contribution is -2.37. The van der Waals surface area contributed by atoms with Crippen LogP contribution in [-0.2, 0) is 4.79 Å². The normalized spacial score (nSPS) is 9.96. The number of anilines is 2. The number of halogens is 1. The zero-order valence-electron chi connectivity index (χ0n) is 13.4. The van der Waals surface area contributed by atoms with Gasteiger partial charge in [-0.2, -0.15) is 0 Å². The number of nitrogens with one attached hydrogen (secondary N) is 3. The molecule has 0 atom stereocenters. The van der Waals surface area contributed by atoms with E-state index in [-0.39, 0.29) is 12.4 Å². The Balaban J connectivity index is 1.80. The zero-order chi connectivity index (χ0) is 17.5. The first kappa shape index (κ1) is 17.3. The average molecular weight is 331 g/mol. The maximum Gasteiger partial charge on any atom is 0.325 e. The molecule has 0 aromatic heterocycles. The molecule has 0 unspecified atom stereocenters. The van der Waals surface area contributed by atoms with E-state index in [0.717, 1.165) is 0 Å². The summed E-state index contributed by atoms with van der Waals surface area (Å²) >= 11 is 0. The third kappa shape index (κ3) is 4.98. The number of hydrogen-bond donors (Lipinski definition) is 3. The van der Waals surface area contributed by atoms with Crippen LogP contribution in [-0.4, -0.2) is 25.6 Å². The molecule has 2 aromatic carbocycles. The van der Waals surface area contributed by atoms with E-state index in [1.54, 1.807) is 50.4 Å². The van der Waals surface area contributed by atoms with Crippen LogP contribution in [0.3, 0.4) is 0 Å². The van der Waals surface area contributed by atoms with Crippen molar-refractivity contribution in [3.63, 3.8) is 0 Å². The molecule has 6 nitrogen and oxygen atoms in total. The topological polar surface area (TPSA) is 79.5 Å². The minimum absolute atomic E-state index is 0.154. The van der Waals surface area contributed by atoms with Crippen LogP contribution in [0.5, 0.6) is 5.75 Å². The number of benzene rings is 2. The summed E-state index contributed by atoms with van der Waals surface area (Å²) in [7, 11) is 1.54. The molecule has 24 heavy (non-hydrogen) atoms. The number of aryl methyl sites for hydroxylation is 1. The quantitative estimate of drug-likeness (QED) is 0.787. The highest BCUT2D eigenvalue weighted by molar-refractivity contribution is 6.02. The molecule has 2 aromatic rings. The molecule has 0 bridgehead atoms. The van der Waals surface area contributed by atoms with Crippen molar-refractivity contribution in [3.8, 4) is 5.75 Å². The van der Waals surface area contributed by atoms with Crippen molar-refractivity contribution in [2.24, 2.45) is 0 Å². The fourth-order valence-electron chi connectivity index (χ4n) is 1.89.